The van der Waals surface area contributed by atoms with E-state index in [0.29, 0.717) is 17.1 Å². The molecule has 0 radical (unpaired) electrons. The number of nitrogens with one attached hydrogen (secondary N) is 2. The summed E-state index contributed by atoms with van der Waals surface area (Å²) in [6.07, 6.45) is 5.50. The molecule has 0 bridgehead atoms. The van der Waals surface area contributed by atoms with Gasteiger partial charge in [0.1, 0.15) is 5.82 Å². The Bertz CT molecular complexity index is 1420. The van der Waals surface area contributed by atoms with Crippen molar-refractivity contribution in [2.75, 3.05) is 30.4 Å². The fourth-order valence-electron chi connectivity index (χ4n) is 4.69. The van der Waals surface area contributed by atoms with E-state index in [-0.39, 0.29) is 5.91 Å². The van der Waals surface area contributed by atoms with Gasteiger partial charge in [0.25, 0.3) is 11.8 Å². The zero-order chi connectivity index (χ0) is 24.5. The molecule has 0 spiro atoms. The summed E-state index contributed by atoms with van der Waals surface area (Å²) in [5.74, 6) is 0.0993. The molecule has 4 aromatic rings. The zero-order valence-electron chi connectivity index (χ0n) is 19.8. The number of aromatic nitrogens is 2. The third kappa shape index (κ3) is 4.30. The van der Waals surface area contributed by atoms with Crippen molar-refractivity contribution in [2.45, 2.75) is 19.8 Å². The highest BCUT2D eigenvalue weighted by atomic mass is 16.2. The Balaban J connectivity index is 1.45. The Labute approximate surface area is 203 Å². The van der Waals surface area contributed by atoms with Gasteiger partial charge in [-0.2, -0.15) is 0 Å². The minimum absolute atomic E-state index is 0.0818. The van der Waals surface area contributed by atoms with Gasteiger partial charge < -0.3 is 25.8 Å². The van der Waals surface area contributed by atoms with Crippen LogP contribution in [0.4, 0.5) is 22.9 Å². The molecular formula is C27H28N6O2. The molecule has 35 heavy (non-hydrogen) atoms. The highest BCUT2D eigenvalue weighted by Crippen LogP contribution is 2.34. The monoisotopic (exact) mass is 468 g/mol. The third-order valence-electron chi connectivity index (χ3n) is 6.56. The van der Waals surface area contributed by atoms with Crippen molar-refractivity contribution in [3.63, 3.8) is 0 Å². The number of carbonyl (C=O) groups excluding carboxylic acids is 2. The number of nitrogens with zero attached hydrogens (tertiary/aromatic N) is 3. The van der Waals surface area contributed by atoms with E-state index < -0.39 is 5.91 Å². The molecule has 8 heteroatoms. The number of carbonyl (C=O) groups is 2. The van der Waals surface area contributed by atoms with E-state index in [4.69, 9.17) is 5.73 Å². The van der Waals surface area contributed by atoms with Crippen LogP contribution in [0.15, 0.2) is 60.9 Å². The molecule has 0 atom stereocenters. The maximum Gasteiger partial charge on any atom is 0.254 e. The minimum atomic E-state index is -0.548. The van der Waals surface area contributed by atoms with Gasteiger partial charge in [-0.05, 0) is 61.7 Å². The van der Waals surface area contributed by atoms with Gasteiger partial charge in [0, 0.05) is 60.8 Å². The van der Waals surface area contributed by atoms with Crippen molar-refractivity contribution in [3.8, 4) is 0 Å². The van der Waals surface area contributed by atoms with Crippen LogP contribution in [0.5, 0.6) is 0 Å². The van der Waals surface area contributed by atoms with Gasteiger partial charge >= 0.3 is 0 Å². The van der Waals surface area contributed by atoms with Gasteiger partial charge in [0.15, 0.2) is 0 Å². The van der Waals surface area contributed by atoms with E-state index >= 15 is 0 Å². The smallest absolute Gasteiger partial charge is 0.254 e. The summed E-state index contributed by atoms with van der Waals surface area (Å²) >= 11 is 0. The fraction of sp³-hybridized carbons (Fsp3) is 0.222. The van der Waals surface area contributed by atoms with Crippen LogP contribution in [-0.2, 0) is 0 Å². The van der Waals surface area contributed by atoms with Crippen molar-refractivity contribution in [1.29, 1.82) is 0 Å². The number of fused-ring (bicyclic) bond motifs is 1. The SMILES string of the molecule is Cc1cc(Nc2cc(N(C)c3cccc4[nH]ccc34)c(C(N)=O)cn2)ccc1C(=O)N1CCCC1. The van der Waals surface area contributed by atoms with E-state index in [1.807, 2.05) is 78.5 Å². The molecule has 3 heterocycles. The largest absolute Gasteiger partial charge is 0.365 e. The average Bonchev–Trinajstić information content (AvgIpc) is 3.55. The summed E-state index contributed by atoms with van der Waals surface area (Å²) < 4.78 is 0. The van der Waals surface area contributed by atoms with Crippen LogP contribution in [0.3, 0.4) is 0 Å². The van der Waals surface area contributed by atoms with Crippen molar-refractivity contribution < 1.29 is 9.59 Å². The summed E-state index contributed by atoms with van der Waals surface area (Å²) in [4.78, 5) is 36.5. The first-order valence-electron chi connectivity index (χ1n) is 11.7. The molecule has 0 aliphatic carbocycles. The average molecular weight is 469 g/mol. The van der Waals surface area contributed by atoms with E-state index in [2.05, 4.69) is 15.3 Å². The van der Waals surface area contributed by atoms with Gasteiger partial charge in [-0.3, -0.25) is 9.59 Å². The summed E-state index contributed by atoms with van der Waals surface area (Å²) in [7, 11) is 1.90. The first-order chi connectivity index (χ1) is 16.9. The van der Waals surface area contributed by atoms with E-state index in [1.54, 1.807) is 0 Å². The van der Waals surface area contributed by atoms with Crippen LogP contribution < -0.4 is 16.0 Å². The summed E-state index contributed by atoms with van der Waals surface area (Å²) in [6, 6.07) is 15.4. The lowest BCUT2D eigenvalue weighted by molar-refractivity contribution is 0.0792. The number of likely N-dealkylation sites (tertiary alicyclic amines) is 1. The number of rotatable bonds is 6. The van der Waals surface area contributed by atoms with Crippen LogP contribution >= 0.6 is 0 Å². The lowest BCUT2D eigenvalue weighted by atomic mass is 10.1. The highest BCUT2D eigenvalue weighted by molar-refractivity contribution is 6.02. The Kier molecular flexibility index (Phi) is 5.86. The number of aromatic amines is 1. The highest BCUT2D eigenvalue weighted by Gasteiger charge is 2.21. The van der Waals surface area contributed by atoms with Crippen molar-refractivity contribution >= 4 is 45.6 Å². The number of aryl methyl sites for hydroxylation is 1. The number of nitrogens with two attached hydrogens (primary N) is 1. The number of hydrogen-bond donors (Lipinski definition) is 3. The number of H-pyrrole nitrogens is 1. The molecular weight excluding hydrogens is 440 g/mol. The number of pyridine rings is 1. The van der Waals surface area contributed by atoms with Gasteiger partial charge in [0.2, 0.25) is 0 Å². The van der Waals surface area contributed by atoms with Crippen LogP contribution in [0.25, 0.3) is 10.9 Å². The predicted molar refractivity (Wildman–Crippen MR) is 139 cm³/mol. The topological polar surface area (TPSA) is 107 Å². The lowest BCUT2D eigenvalue weighted by Gasteiger charge is -2.23. The second-order valence-corrected chi connectivity index (χ2v) is 8.88. The van der Waals surface area contributed by atoms with E-state index in [0.717, 1.165) is 59.3 Å². The van der Waals surface area contributed by atoms with Gasteiger partial charge in [0.05, 0.1) is 16.9 Å². The predicted octanol–water partition coefficient (Wildman–Crippen LogP) is 4.72. The number of benzene rings is 2. The van der Waals surface area contributed by atoms with Gasteiger partial charge in [-0.1, -0.05) is 6.07 Å². The van der Waals surface area contributed by atoms with Crippen LogP contribution in [-0.4, -0.2) is 46.8 Å². The first-order valence-corrected chi connectivity index (χ1v) is 11.7. The molecule has 4 N–H and O–H groups in total. The summed E-state index contributed by atoms with van der Waals surface area (Å²) in [5, 5.41) is 4.34. The molecule has 1 saturated heterocycles. The molecule has 2 aromatic heterocycles. The second-order valence-electron chi connectivity index (χ2n) is 8.88. The quantitative estimate of drug-likeness (QED) is 0.380. The number of anilines is 4. The molecule has 0 saturated carbocycles. The zero-order valence-corrected chi connectivity index (χ0v) is 19.8. The minimum Gasteiger partial charge on any atom is -0.365 e. The van der Waals surface area contributed by atoms with Gasteiger partial charge in [-0.25, -0.2) is 4.98 Å². The van der Waals surface area contributed by atoms with Crippen molar-refractivity contribution in [2.24, 2.45) is 5.73 Å². The maximum absolute atomic E-state index is 12.8. The van der Waals surface area contributed by atoms with Gasteiger partial charge in [-0.15, -0.1) is 0 Å². The Hall–Kier alpha value is -4.33. The molecule has 1 fully saturated rings. The molecule has 178 valence electrons. The Morgan fingerprint density at radius 2 is 1.86 bits per heavy atom. The van der Waals surface area contributed by atoms with Crippen LogP contribution in [0.2, 0.25) is 0 Å². The lowest BCUT2D eigenvalue weighted by Crippen LogP contribution is -2.28. The maximum atomic E-state index is 12.8. The Morgan fingerprint density at radius 1 is 1.06 bits per heavy atom. The molecule has 1 aliphatic rings. The molecule has 0 unspecified atom stereocenters. The van der Waals surface area contributed by atoms with Crippen LogP contribution in [0, 0.1) is 6.92 Å². The summed E-state index contributed by atoms with van der Waals surface area (Å²) in [5.41, 5.74) is 11.0. The first kappa shape index (κ1) is 22.5. The Morgan fingerprint density at radius 3 is 2.60 bits per heavy atom. The molecule has 5 rings (SSSR count). The second kappa shape index (κ2) is 9.13. The number of primary amides is 1. The normalized spacial score (nSPS) is 13.3. The van der Waals surface area contributed by atoms with E-state index in [9.17, 15) is 9.59 Å². The number of hydrogen-bond acceptors (Lipinski definition) is 5. The van der Waals surface area contributed by atoms with Crippen molar-refractivity contribution in [1.82, 2.24) is 14.9 Å². The molecule has 8 nitrogen and oxygen atoms in total. The summed E-state index contributed by atoms with van der Waals surface area (Å²) in [6.45, 7) is 3.58. The molecule has 1 aliphatic heterocycles. The van der Waals surface area contributed by atoms with E-state index in [1.165, 1.54) is 6.20 Å². The fourth-order valence-corrected chi connectivity index (χ4v) is 4.69. The van der Waals surface area contributed by atoms with Crippen molar-refractivity contribution in [3.05, 3.63) is 77.6 Å². The number of amides is 2. The molecule has 2 amide bonds. The standard InChI is InChI=1S/C27H28N6O2/c1-17-14-18(8-9-19(17)27(35)33-12-3-4-13-33)31-25-15-24(21(16-30-25)26(28)34)32(2)23-7-5-6-22-20(23)10-11-29-22/h5-11,14-16,29H,3-4,12-13H2,1-2H3,(H2,28,34)(H,30,31). The third-order valence-corrected chi connectivity index (χ3v) is 6.56. The van der Waals surface area contributed by atoms with Crippen LogP contribution in [0.1, 0.15) is 39.1 Å². The molecule has 2 aromatic carbocycles.